The van der Waals surface area contributed by atoms with Crippen molar-refractivity contribution in [2.75, 3.05) is 13.1 Å². The van der Waals surface area contributed by atoms with Gasteiger partial charge in [-0.1, -0.05) is 26.7 Å². The van der Waals surface area contributed by atoms with Crippen molar-refractivity contribution < 1.29 is 0 Å². The molecular formula is C8H20BN. The molecule has 0 radical (unpaired) electrons. The second-order valence-electron chi connectivity index (χ2n) is 3.01. The monoisotopic (exact) mass is 141 g/mol. The molecule has 0 aromatic carbocycles. The first-order valence-electron chi connectivity index (χ1n) is 4.49. The molecule has 0 heterocycles. The molecule has 0 aromatic rings. The average Bonchev–Trinajstić information content (AvgIpc) is 1.89. The van der Waals surface area contributed by atoms with E-state index in [9.17, 15) is 0 Å². The highest BCUT2D eigenvalue weighted by molar-refractivity contribution is 6.04. The number of nitrogens with zero attached hydrogens (tertiary/aromatic N) is 1. The first kappa shape index (κ1) is 10.0. The van der Waals surface area contributed by atoms with Crippen molar-refractivity contribution in [3.63, 3.8) is 0 Å². The molecule has 0 amide bonds. The summed E-state index contributed by atoms with van der Waals surface area (Å²) in [7, 11) is 2.21. The Labute approximate surface area is 66.2 Å². The van der Waals surface area contributed by atoms with Crippen LogP contribution in [0.1, 0.15) is 39.5 Å². The van der Waals surface area contributed by atoms with Crippen molar-refractivity contribution >= 4 is 7.98 Å². The largest absolute Gasteiger partial charge is 0.349 e. The molecule has 0 N–H and O–H groups in total. The van der Waals surface area contributed by atoms with Gasteiger partial charge in [0, 0.05) is 0 Å². The Bertz CT molecular complexity index is 66.3. The summed E-state index contributed by atoms with van der Waals surface area (Å²) in [5.74, 6) is 0. The van der Waals surface area contributed by atoms with E-state index in [2.05, 4.69) is 26.6 Å². The van der Waals surface area contributed by atoms with Gasteiger partial charge in [0.05, 0.1) is 0 Å². The molecule has 10 heavy (non-hydrogen) atoms. The van der Waals surface area contributed by atoms with Crippen LogP contribution < -0.4 is 0 Å². The zero-order valence-corrected chi connectivity index (χ0v) is 7.69. The molecule has 0 aliphatic heterocycles. The van der Waals surface area contributed by atoms with Crippen LogP contribution in [0.15, 0.2) is 0 Å². The fourth-order valence-electron chi connectivity index (χ4n) is 1.13. The van der Waals surface area contributed by atoms with E-state index in [4.69, 9.17) is 0 Å². The van der Waals surface area contributed by atoms with E-state index in [-0.39, 0.29) is 0 Å². The van der Waals surface area contributed by atoms with E-state index in [0.29, 0.717) is 0 Å². The normalized spacial score (nSPS) is 10.7. The minimum absolute atomic E-state index is 1.25. The van der Waals surface area contributed by atoms with Gasteiger partial charge in [-0.2, -0.15) is 0 Å². The highest BCUT2D eigenvalue weighted by Crippen LogP contribution is 1.95. The van der Waals surface area contributed by atoms with Crippen molar-refractivity contribution in [2.45, 2.75) is 39.5 Å². The topological polar surface area (TPSA) is 3.24 Å². The lowest BCUT2D eigenvalue weighted by Gasteiger charge is -2.14. The second kappa shape index (κ2) is 7.14. The first-order chi connectivity index (χ1) is 4.81. The molecule has 60 valence electrons. The number of unbranched alkanes of at least 4 members (excludes halogenated alkanes) is 2. The maximum Gasteiger partial charge on any atom is 0.185 e. The van der Waals surface area contributed by atoms with E-state index in [1.54, 1.807) is 0 Å². The summed E-state index contributed by atoms with van der Waals surface area (Å²) in [6, 6.07) is 0. The van der Waals surface area contributed by atoms with Gasteiger partial charge in [0.2, 0.25) is 0 Å². The van der Waals surface area contributed by atoms with Crippen LogP contribution in [0.4, 0.5) is 0 Å². The number of rotatable bonds is 6. The Morgan fingerprint density at radius 3 is 2.20 bits per heavy atom. The standard InChI is InChI=1S/C8H20BN/c1-3-5-6-8-10(9)7-4-2/h3-9H2,1-2H3. The molecule has 0 aromatic heterocycles. The highest BCUT2D eigenvalue weighted by Gasteiger charge is 1.93. The molecule has 0 fully saturated rings. The zero-order chi connectivity index (χ0) is 7.82. The lowest BCUT2D eigenvalue weighted by molar-refractivity contribution is 0.433. The van der Waals surface area contributed by atoms with Gasteiger partial charge in [0.25, 0.3) is 0 Å². The van der Waals surface area contributed by atoms with Crippen LogP contribution in [0.3, 0.4) is 0 Å². The van der Waals surface area contributed by atoms with Crippen molar-refractivity contribution in [3.8, 4) is 0 Å². The van der Waals surface area contributed by atoms with Crippen LogP contribution in [0.5, 0.6) is 0 Å². The fraction of sp³-hybridized carbons (Fsp3) is 1.00. The summed E-state index contributed by atoms with van der Waals surface area (Å²) in [5, 5.41) is 0. The lowest BCUT2D eigenvalue weighted by atomic mass is 10.2. The van der Waals surface area contributed by atoms with Gasteiger partial charge in [-0.05, 0) is 25.9 Å². The molecule has 0 unspecified atom stereocenters. The summed E-state index contributed by atoms with van der Waals surface area (Å²) in [4.78, 5) is 2.41. The van der Waals surface area contributed by atoms with Gasteiger partial charge in [-0.15, -0.1) is 0 Å². The SMILES string of the molecule is BN(CCC)CCCCC. The van der Waals surface area contributed by atoms with Gasteiger partial charge in [-0.25, -0.2) is 0 Å². The van der Waals surface area contributed by atoms with Crippen LogP contribution in [-0.4, -0.2) is 25.9 Å². The fourth-order valence-corrected chi connectivity index (χ4v) is 1.13. The molecule has 2 heteroatoms. The third-order valence-electron chi connectivity index (χ3n) is 1.75. The number of hydrogen-bond donors (Lipinski definition) is 0. The molecule has 0 spiro atoms. The third kappa shape index (κ3) is 6.15. The Kier molecular flexibility index (Phi) is 7.15. The van der Waals surface area contributed by atoms with Gasteiger partial charge in [-0.3, -0.25) is 0 Å². The molecule has 0 aliphatic carbocycles. The van der Waals surface area contributed by atoms with E-state index in [1.807, 2.05) is 0 Å². The quantitative estimate of drug-likeness (QED) is 0.399. The highest BCUT2D eigenvalue weighted by atomic mass is 15.0. The van der Waals surface area contributed by atoms with Crippen LogP contribution in [0.2, 0.25) is 0 Å². The van der Waals surface area contributed by atoms with Crippen LogP contribution >= 0.6 is 0 Å². The van der Waals surface area contributed by atoms with E-state index < -0.39 is 0 Å². The van der Waals surface area contributed by atoms with Gasteiger partial charge in [0.1, 0.15) is 0 Å². The predicted molar refractivity (Wildman–Crippen MR) is 49.9 cm³/mol. The summed E-state index contributed by atoms with van der Waals surface area (Å²) in [5.41, 5.74) is 0. The molecule has 1 nitrogen and oxygen atoms in total. The summed E-state index contributed by atoms with van der Waals surface area (Å²) < 4.78 is 0. The van der Waals surface area contributed by atoms with Gasteiger partial charge < -0.3 is 4.81 Å². The smallest absolute Gasteiger partial charge is 0.185 e. The Balaban J connectivity index is 2.97. The van der Waals surface area contributed by atoms with Crippen LogP contribution in [0.25, 0.3) is 0 Å². The third-order valence-corrected chi connectivity index (χ3v) is 1.75. The Morgan fingerprint density at radius 2 is 1.70 bits per heavy atom. The van der Waals surface area contributed by atoms with E-state index in [1.165, 1.54) is 38.8 Å². The number of hydrogen-bond acceptors (Lipinski definition) is 1. The summed E-state index contributed by atoms with van der Waals surface area (Å²) in [6.45, 7) is 7.02. The van der Waals surface area contributed by atoms with E-state index in [0.717, 1.165) is 0 Å². The molecule has 0 rings (SSSR count). The maximum absolute atomic E-state index is 2.41. The Hall–Kier alpha value is 0.0249. The minimum Gasteiger partial charge on any atom is -0.349 e. The molecule has 0 atom stereocenters. The predicted octanol–water partition coefficient (Wildman–Crippen LogP) is 1.44. The molecule has 0 saturated carbocycles. The van der Waals surface area contributed by atoms with Gasteiger partial charge in [0.15, 0.2) is 7.98 Å². The molecule has 0 saturated heterocycles. The molecule has 0 aliphatic rings. The average molecular weight is 141 g/mol. The minimum atomic E-state index is 1.25. The van der Waals surface area contributed by atoms with Crippen molar-refractivity contribution in [3.05, 3.63) is 0 Å². The van der Waals surface area contributed by atoms with E-state index >= 15 is 0 Å². The van der Waals surface area contributed by atoms with Crippen LogP contribution in [0, 0.1) is 0 Å². The Morgan fingerprint density at radius 1 is 1.00 bits per heavy atom. The zero-order valence-electron chi connectivity index (χ0n) is 7.69. The molecular weight excluding hydrogens is 121 g/mol. The van der Waals surface area contributed by atoms with Crippen LogP contribution in [-0.2, 0) is 0 Å². The maximum atomic E-state index is 2.41. The summed E-state index contributed by atoms with van der Waals surface area (Å²) >= 11 is 0. The first-order valence-corrected chi connectivity index (χ1v) is 4.49. The molecule has 0 bridgehead atoms. The second-order valence-corrected chi connectivity index (χ2v) is 3.01. The van der Waals surface area contributed by atoms with Crippen molar-refractivity contribution in [2.24, 2.45) is 0 Å². The van der Waals surface area contributed by atoms with Crippen molar-refractivity contribution in [1.82, 2.24) is 4.81 Å². The summed E-state index contributed by atoms with van der Waals surface area (Å²) in [6.07, 6.45) is 5.36. The van der Waals surface area contributed by atoms with Gasteiger partial charge >= 0.3 is 0 Å². The van der Waals surface area contributed by atoms with Crippen molar-refractivity contribution in [1.29, 1.82) is 0 Å². The lowest BCUT2D eigenvalue weighted by Crippen LogP contribution is -2.21.